The molecule has 4 heterocycles. The summed E-state index contributed by atoms with van der Waals surface area (Å²) in [7, 11) is 1.70. The van der Waals surface area contributed by atoms with Crippen LogP contribution in [0.15, 0.2) is 47.7 Å². The molecule has 200 valence electrons. The third-order valence-electron chi connectivity index (χ3n) is 7.44. The van der Waals surface area contributed by atoms with Gasteiger partial charge in [0, 0.05) is 49.4 Å². The van der Waals surface area contributed by atoms with Crippen molar-refractivity contribution in [3.05, 3.63) is 87.4 Å². The van der Waals surface area contributed by atoms with Crippen LogP contribution in [0.5, 0.6) is 0 Å². The molecule has 0 saturated heterocycles. The van der Waals surface area contributed by atoms with Crippen molar-refractivity contribution in [1.29, 1.82) is 0 Å². The minimum absolute atomic E-state index is 0.0489. The highest BCUT2D eigenvalue weighted by molar-refractivity contribution is 5.81. The number of fused-ring (bicyclic) bond motifs is 2. The summed E-state index contributed by atoms with van der Waals surface area (Å²) < 4.78 is 35.3. The fourth-order valence-electron chi connectivity index (χ4n) is 5.44. The second-order valence-corrected chi connectivity index (χ2v) is 9.84. The SMILES string of the molecule is Cc1cc(-n2nc3c(c2-n2ccn(-c4cc5cnn(C)c5cc4F)c2=O)[C@H](C)N(C(=O)O)CC3)cc(C)c1F. The van der Waals surface area contributed by atoms with Gasteiger partial charge in [0.1, 0.15) is 17.5 Å². The molecule has 0 bridgehead atoms. The molecular formula is C27H25F2N7O3. The highest BCUT2D eigenvalue weighted by atomic mass is 19.1. The Kier molecular flexibility index (Phi) is 5.45. The van der Waals surface area contributed by atoms with E-state index in [1.54, 1.807) is 61.6 Å². The average Bonchev–Trinajstić information content (AvgIpc) is 3.57. The molecule has 0 unspecified atom stereocenters. The van der Waals surface area contributed by atoms with Crippen LogP contribution in [0, 0.1) is 25.5 Å². The molecule has 0 spiro atoms. The van der Waals surface area contributed by atoms with E-state index >= 15 is 4.39 Å². The Hall–Kier alpha value is -4.74. The number of carboxylic acid groups (broad SMARTS) is 1. The zero-order valence-electron chi connectivity index (χ0n) is 21.7. The lowest BCUT2D eigenvalue weighted by Crippen LogP contribution is -2.38. The first kappa shape index (κ1) is 24.6. The van der Waals surface area contributed by atoms with E-state index in [0.29, 0.717) is 51.2 Å². The Morgan fingerprint density at radius 2 is 1.77 bits per heavy atom. The molecule has 5 aromatic rings. The molecule has 1 atom stereocenters. The molecular weight excluding hydrogens is 508 g/mol. The van der Waals surface area contributed by atoms with Gasteiger partial charge in [-0.25, -0.2) is 23.1 Å². The van der Waals surface area contributed by atoms with Gasteiger partial charge in [0.2, 0.25) is 0 Å². The fraction of sp³-hybridized carbons (Fsp3) is 0.259. The van der Waals surface area contributed by atoms with Crippen molar-refractivity contribution in [3.8, 4) is 17.2 Å². The maximum atomic E-state index is 15.2. The van der Waals surface area contributed by atoms with Crippen LogP contribution in [0.4, 0.5) is 13.6 Å². The molecule has 0 saturated carbocycles. The molecule has 0 radical (unpaired) electrons. The maximum absolute atomic E-state index is 15.2. The summed E-state index contributed by atoms with van der Waals surface area (Å²) in [6.45, 7) is 5.27. The summed E-state index contributed by atoms with van der Waals surface area (Å²) in [5.74, 6) is -0.621. The Morgan fingerprint density at radius 1 is 1.08 bits per heavy atom. The Bertz CT molecular complexity index is 1840. The van der Waals surface area contributed by atoms with Crippen molar-refractivity contribution in [1.82, 2.24) is 33.6 Å². The van der Waals surface area contributed by atoms with Gasteiger partial charge in [0.25, 0.3) is 0 Å². The van der Waals surface area contributed by atoms with Crippen molar-refractivity contribution in [2.24, 2.45) is 7.05 Å². The Labute approximate surface area is 220 Å². The van der Waals surface area contributed by atoms with Gasteiger partial charge < -0.3 is 10.0 Å². The third-order valence-corrected chi connectivity index (χ3v) is 7.44. The van der Waals surface area contributed by atoms with Gasteiger partial charge in [0.05, 0.1) is 34.8 Å². The molecule has 0 aliphatic carbocycles. The van der Waals surface area contributed by atoms with Crippen molar-refractivity contribution in [2.45, 2.75) is 33.2 Å². The number of halogens is 2. The first-order valence-corrected chi connectivity index (χ1v) is 12.4. The molecule has 1 amide bonds. The van der Waals surface area contributed by atoms with Gasteiger partial charge in [-0.1, -0.05) is 0 Å². The number of hydrogen-bond acceptors (Lipinski definition) is 4. The van der Waals surface area contributed by atoms with E-state index in [4.69, 9.17) is 5.10 Å². The first-order valence-electron chi connectivity index (χ1n) is 12.4. The summed E-state index contributed by atoms with van der Waals surface area (Å²) in [4.78, 5) is 27.1. The Balaban J connectivity index is 1.60. The largest absolute Gasteiger partial charge is 0.465 e. The van der Waals surface area contributed by atoms with Crippen LogP contribution < -0.4 is 5.69 Å². The van der Waals surface area contributed by atoms with Crippen molar-refractivity contribution in [2.75, 3.05) is 6.54 Å². The second-order valence-electron chi connectivity index (χ2n) is 9.84. The predicted octanol–water partition coefficient (Wildman–Crippen LogP) is 4.19. The lowest BCUT2D eigenvalue weighted by molar-refractivity contribution is 0.124. The van der Waals surface area contributed by atoms with E-state index < -0.39 is 23.6 Å². The smallest absolute Gasteiger partial charge is 0.407 e. The normalized spacial score (nSPS) is 15.2. The number of aryl methyl sites for hydroxylation is 3. The molecule has 12 heteroatoms. The number of carbonyl (C=O) groups is 1. The van der Waals surface area contributed by atoms with E-state index in [1.165, 1.54) is 32.5 Å². The molecule has 6 rings (SSSR count). The predicted molar refractivity (Wildman–Crippen MR) is 139 cm³/mol. The first-order chi connectivity index (χ1) is 18.6. The lowest BCUT2D eigenvalue weighted by atomic mass is 10.00. The third kappa shape index (κ3) is 3.66. The van der Waals surface area contributed by atoms with E-state index in [-0.39, 0.29) is 18.0 Å². The van der Waals surface area contributed by atoms with E-state index in [1.807, 2.05) is 0 Å². The summed E-state index contributed by atoms with van der Waals surface area (Å²) in [5, 5.41) is 19.4. The van der Waals surface area contributed by atoms with Crippen LogP contribution in [0.3, 0.4) is 0 Å². The molecule has 2 aromatic carbocycles. The number of amides is 1. The average molecular weight is 534 g/mol. The summed E-state index contributed by atoms with van der Waals surface area (Å²) in [5.41, 5.74) is 2.59. The number of benzene rings is 2. The lowest BCUT2D eigenvalue weighted by Gasteiger charge is -2.31. The van der Waals surface area contributed by atoms with Crippen molar-refractivity contribution >= 4 is 17.0 Å². The summed E-state index contributed by atoms with van der Waals surface area (Å²) in [6.07, 6.45) is 3.80. The van der Waals surface area contributed by atoms with Crippen molar-refractivity contribution < 1.29 is 18.7 Å². The second kappa shape index (κ2) is 8.65. The summed E-state index contributed by atoms with van der Waals surface area (Å²) >= 11 is 0. The quantitative estimate of drug-likeness (QED) is 0.375. The van der Waals surface area contributed by atoms with Gasteiger partial charge in [-0.05, 0) is 50.1 Å². The minimum Gasteiger partial charge on any atom is -0.465 e. The molecule has 10 nitrogen and oxygen atoms in total. The number of imidazole rings is 1. The van der Waals surface area contributed by atoms with Crippen LogP contribution in [0.1, 0.15) is 35.3 Å². The van der Waals surface area contributed by atoms with Gasteiger partial charge in [-0.15, -0.1) is 0 Å². The standard InChI is InChI=1S/C27H25F2N7O3/c1-14-9-18(10-15(2)24(14)29)36-25(23-16(3)33(27(38)39)6-5-20(23)31-36)35-8-7-34(26(35)37)22-11-17-13-30-32(4)21(17)12-19(22)28/h7-13,16H,5-6H2,1-4H3,(H,38,39)/t16-/m0/s1. The zero-order chi connectivity index (χ0) is 27.7. The van der Waals surface area contributed by atoms with Crippen LogP contribution in [0.2, 0.25) is 0 Å². The van der Waals surface area contributed by atoms with E-state index in [2.05, 4.69) is 5.10 Å². The highest BCUT2D eigenvalue weighted by Crippen LogP contribution is 2.35. The molecule has 1 aliphatic rings. The monoisotopic (exact) mass is 533 g/mol. The Morgan fingerprint density at radius 3 is 2.46 bits per heavy atom. The van der Waals surface area contributed by atoms with Crippen LogP contribution in [-0.2, 0) is 13.5 Å². The van der Waals surface area contributed by atoms with Crippen LogP contribution in [-0.4, -0.2) is 51.3 Å². The van der Waals surface area contributed by atoms with Crippen LogP contribution in [0.25, 0.3) is 28.1 Å². The number of rotatable bonds is 3. The molecule has 39 heavy (non-hydrogen) atoms. The number of aromatic nitrogens is 6. The molecule has 1 N–H and O–H groups in total. The summed E-state index contributed by atoms with van der Waals surface area (Å²) in [6, 6.07) is 5.52. The highest BCUT2D eigenvalue weighted by Gasteiger charge is 2.35. The van der Waals surface area contributed by atoms with Gasteiger partial charge in [-0.3, -0.25) is 13.8 Å². The van der Waals surface area contributed by atoms with Crippen molar-refractivity contribution in [3.63, 3.8) is 0 Å². The molecule has 0 fully saturated rings. The van der Waals surface area contributed by atoms with Gasteiger partial charge >= 0.3 is 11.8 Å². The number of hydrogen-bond donors (Lipinski definition) is 1. The topological polar surface area (TPSA) is 103 Å². The maximum Gasteiger partial charge on any atom is 0.407 e. The molecule has 1 aliphatic heterocycles. The van der Waals surface area contributed by atoms with Gasteiger partial charge in [-0.2, -0.15) is 10.2 Å². The fourth-order valence-corrected chi connectivity index (χ4v) is 5.44. The van der Waals surface area contributed by atoms with E-state index in [9.17, 15) is 19.1 Å². The van der Waals surface area contributed by atoms with Crippen LogP contribution >= 0.6 is 0 Å². The number of nitrogens with zero attached hydrogens (tertiary/aromatic N) is 7. The van der Waals surface area contributed by atoms with Gasteiger partial charge in [0.15, 0.2) is 0 Å². The zero-order valence-corrected chi connectivity index (χ0v) is 21.7. The molecule has 3 aromatic heterocycles. The minimum atomic E-state index is -1.09. The van der Waals surface area contributed by atoms with E-state index in [0.717, 1.165) is 0 Å².